The maximum Gasteiger partial charge on any atom is 0.272 e. The summed E-state index contributed by atoms with van der Waals surface area (Å²) in [5.74, 6) is 0.386. The summed E-state index contributed by atoms with van der Waals surface area (Å²) in [5.41, 5.74) is 0. The molecule has 0 aromatic rings. The highest BCUT2D eigenvalue weighted by molar-refractivity contribution is 4.79. The predicted molar refractivity (Wildman–Crippen MR) is 41.0 cm³/mol. The van der Waals surface area contributed by atoms with Gasteiger partial charge in [-0.15, -0.1) is 6.58 Å². The van der Waals surface area contributed by atoms with Gasteiger partial charge < -0.3 is 14.2 Å². The molecule has 0 bridgehead atoms. The SMILES string of the molecule is C=CCOCC1COC(=C)O1. The molecule has 3 nitrogen and oxygen atoms in total. The van der Waals surface area contributed by atoms with E-state index in [1.807, 2.05) is 0 Å². The molecule has 3 heteroatoms. The van der Waals surface area contributed by atoms with E-state index in [4.69, 9.17) is 14.2 Å². The van der Waals surface area contributed by atoms with Gasteiger partial charge in [0.15, 0.2) is 6.10 Å². The molecule has 1 atom stereocenters. The highest BCUT2D eigenvalue weighted by atomic mass is 16.7. The lowest BCUT2D eigenvalue weighted by molar-refractivity contribution is 0.0537. The van der Waals surface area contributed by atoms with Gasteiger partial charge in [0.05, 0.1) is 13.2 Å². The number of hydrogen-bond acceptors (Lipinski definition) is 3. The largest absolute Gasteiger partial charge is 0.462 e. The van der Waals surface area contributed by atoms with Gasteiger partial charge in [0, 0.05) is 0 Å². The highest BCUT2D eigenvalue weighted by Crippen LogP contribution is 2.12. The summed E-state index contributed by atoms with van der Waals surface area (Å²) in [4.78, 5) is 0. The van der Waals surface area contributed by atoms with Crippen LogP contribution < -0.4 is 0 Å². The molecule has 1 heterocycles. The lowest BCUT2D eigenvalue weighted by atomic mass is 10.4. The van der Waals surface area contributed by atoms with Crippen LogP contribution in [0.2, 0.25) is 0 Å². The van der Waals surface area contributed by atoms with Crippen LogP contribution in [0.15, 0.2) is 25.2 Å². The summed E-state index contributed by atoms with van der Waals surface area (Å²) in [6.07, 6.45) is 1.70. The van der Waals surface area contributed by atoms with Crippen molar-refractivity contribution >= 4 is 0 Å². The molecule has 1 unspecified atom stereocenters. The smallest absolute Gasteiger partial charge is 0.272 e. The summed E-state index contributed by atoms with van der Waals surface area (Å²) >= 11 is 0. The van der Waals surface area contributed by atoms with Gasteiger partial charge in [-0.05, 0) is 6.58 Å². The van der Waals surface area contributed by atoms with E-state index in [0.29, 0.717) is 25.8 Å². The topological polar surface area (TPSA) is 27.7 Å². The van der Waals surface area contributed by atoms with Gasteiger partial charge in [-0.1, -0.05) is 6.08 Å². The van der Waals surface area contributed by atoms with E-state index in [1.54, 1.807) is 6.08 Å². The van der Waals surface area contributed by atoms with Crippen molar-refractivity contribution in [1.82, 2.24) is 0 Å². The van der Waals surface area contributed by atoms with E-state index in [9.17, 15) is 0 Å². The highest BCUT2D eigenvalue weighted by Gasteiger charge is 2.19. The van der Waals surface area contributed by atoms with Crippen molar-refractivity contribution in [2.45, 2.75) is 6.10 Å². The molecular formula is C8H12O3. The summed E-state index contributed by atoms with van der Waals surface area (Å²) in [6, 6.07) is 0. The third-order valence-electron chi connectivity index (χ3n) is 1.27. The van der Waals surface area contributed by atoms with Crippen molar-refractivity contribution in [2.75, 3.05) is 19.8 Å². The van der Waals surface area contributed by atoms with E-state index >= 15 is 0 Å². The molecule has 0 aromatic carbocycles. The van der Waals surface area contributed by atoms with Gasteiger partial charge >= 0.3 is 0 Å². The first-order chi connectivity index (χ1) is 5.33. The summed E-state index contributed by atoms with van der Waals surface area (Å²) in [5, 5.41) is 0. The van der Waals surface area contributed by atoms with Crippen molar-refractivity contribution in [3.63, 3.8) is 0 Å². The Balaban J connectivity index is 2.08. The van der Waals surface area contributed by atoms with Crippen LogP contribution in [-0.4, -0.2) is 25.9 Å². The van der Waals surface area contributed by atoms with E-state index < -0.39 is 0 Å². The zero-order chi connectivity index (χ0) is 8.10. The van der Waals surface area contributed by atoms with E-state index in [-0.39, 0.29) is 6.10 Å². The minimum Gasteiger partial charge on any atom is -0.462 e. The molecule has 1 aliphatic heterocycles. The number of ether oxygens (including phenoxy) is 3. The first-order valence-electron chi connectivity index (χ1n) is 3.50. The van der Waals surface area contributed by atoms with Crippen molar-refractivity contribution in [3.05, 3.63) is 25.2 Å². The normalized spacial score (nSPS) is 22.5. The molecule has 1 fully saturated rings. The zero-order valence-corrected chi connectivity index (χ0v) is 6.41. The zero-order valence-electron chi connectivity index (χ0n) is 6.41. The van der Waals surface area contributed by atoms with Gasteiger partial charge in [0.25, 0.3) is 5.95 Å². The molecule has 0 aromatic heterocycles. The molecule has 0 N–H and O–H groups in total. The third-order valence-corrected chi connectivity index (χ3v) is 1.27. The third kappa shape index (κ3) is 2.63. The van der Waals surface area contributed by atoms with Crippen LogP contribution in [0.5, 0.6) is 0 Å². The quantitative estimate of drug-likeness (QED) is 0.450. The Hall–Kier alpha value is -0.960. The Morgan fingerprint density at radius 3 is 3.09 bits per heavy atom. The maximum atomic E-state index is 5.15. The maximum absolute atomic E-state index is 5.15. The fourth-order valence-corrected chi connectivity index (χ4v) is 0.805. The predicted octanol–water partition coefficient (Wildman–Crippen LogP) is 1.08. The van der Waals surface area contributed by atoms with Crippen molar-refractivity contribution in [3.8, 4) is 0 Å². The van der Waals surface area contributed by atoms with Gasteiger partial charge in [0.1, 0.15) is 6.61 Å². The van der Waals surface area contributed by atoms with E-state index in [1.165, 1.54) is 0 Å². The fourth-order valence-electron chi connectivity index (χ4n) is 0.805. The standard InChI is InChI=1S/C8H12O3/c1-3-4-9-5-8-6-10-7(2)11-8/h3,8H,1-2,4-6H2. The molecule has 11 heavy (non-hydrogen) atoms. The molecule has 0 saturated carbocycles. The van der Waals surface area contributed by atoms with Crippen LogP contribution in [0.4, 0.5) is 0 Å². The van der Waals surface area contributed by atoms with E-state index in [2.05, 4.69) is 13.2 Å². The van der Waals surface area contributed by atoms with Crippen molar-refractivity contribution in [2.24, 2.45) is 0 Å². The monoisotopic (exact) mass is 156 g/mol. The van der Waals surface area contributed by atoms with Crippen LogP contribution in [0.1, 0.15) is 0 Å². The first kappa shape index (κ1) is 8.14. The van der Waals surface area contributed by atoms with Gasteiger partial charge in [-0.25, -0.2) is 0 Å². The average Bonchev–Trinajstić information content (AvgIpc) is 2.37. The van der Waals surface area contributed by atoms with Crippen LogP contribution in [0.25, 0.3) is 0 Å². The van der Waals surface area contributed by atoms with E-state index in [0.717, 1.165) is 0 Å². The average molecular weight is 156 g/mol. The van der Waals surface area contributed by atoms with Crippen molar-refractivity contribution < 1.29 is 14.2 Å². The van der Waals surface area contributed by atoms with Crippen LogP contribution in [0, 0.1) is 0 Å². The lowest BCUT2D eigenvalue weighted by Crippen LogP contribution is -2.17. The van der Waals surface area contributed by atoms with Gasteiger partial charge in [-0.3, -0.25) is 0 Å². The Kier molecular flexibility index (Phi) is 2.98. The Labute approximate surface area is 66.2 Å². The molecule has 0 radical (unpaired) electrons. The number of rotatable bonds is 4. The van der Waals surface area contributed by atoms with Gasteiger partial charge in [-0.2, -0.15) is 0 Å². The number of hydrogen-bond donors (Lipinski definition) is 0. The Morgan fingerprint density at radius 2 is 2.55 bits per heavy atom. The minimum atomic E-state index is 0.00227. The minimum absolute atomic E-state index is 0.00227. The molecule has 1 saturated heterocycles. The molecule has 1 aliphatic rings. The summed E-state index contributed by atoms with van der Waals surface area (Å²) in [7, 11) is 0. The lowest BCUT2D eigenvalue weighted by Gasteiger charge is -2.05. The fraction of sp³-hybridized carbons (Fsp3) is 0.500. The Bertz CT molecular complexity index is 153. The Morgan fingerprint density at radius 1 is 1.73 bits per heavy atom. The van der Waals surface area contributed by atoms with Crippen LogP contribution >= 0.6 is 0 Å². The second kappa shape index (κ2) is 4.03. The summed E-state index contributed by atoms with van der Waals surface area (Å²) in [6.45, 7) is 8.66. The molecule has 0 spiro atoms. The molecule has 0 aliphatic carbocycles. The van der Waals surface area contributed by atoms with Gasteiger partial charge in [0.2, 0.25) is 0 Å². The second-order valence-corrected chi connectivity index (χ2v) is 2.25. The first-order valence-corrected chi connectivity index (χ1v) is 3.50. The van der Waals surface area contributed by atoms with Crippen LogP contribution in [-0.2, 0) is 14.2 Å². The van der Waals surface area contributed by atoms with Crippen LogP contribution in [0.3, 0.4) is 0 Å². The second-order valence-electron chi connectivity index (χ2n) is 2.25. The molecule has 62 valence electrons. The molecule has 1 rings (SSSR count). The molecular weight excluding hydrogens is 144 g/mol. The van der Waals surface area contributed by atoms with Crippen molar-refractivity contribution in [1.29, 1.82) is 0 Å². The summed E-state index contributed by atoms with van der Waals surface area (Å²) < 4.78 is 15.3. The molecule has 0 amide bonds.